The molecule has 0 spiro atoms. The molecule has 1 saturated carbocycles. The van der Waals surface area contributed by atoms with Crippen LogP contribution >= 0.6 is 35.4 Å². The number of thiocarbonyl (C=S) groups is 1. The second-order valence-electron chi connectivity index (χ2n) is 5.66. The zero-order valence-corrected chi connectivity index (χ0v) is 14.9. The zero-order valence-electron chi connectivity index (χ0n) is 12.6. The predicted molar refractivity (Wildman–Crippen MR) is 101 cm³/mol. The molecule has 2 aromatic rings. The maximum atomic E-state index is 6.16. The average Bonchev–Trinajstić information content (AvgIpc) is 2.99. The second-order valence-corrected chi connectivity index (χ2v) is 6.91. The van der Waals surface area contributed by atoms with E-state index in [1.165, 1.54) is 32.1 Å². The average molecular weight is 369 g/mol. The third-order valence-electron chi connectivity index (χ3n) is 4.01. The fraction of sp³-hybridized carbons (Fsp3) is 0.375. The molecule has 4 nitrogen and oxygen atoms in total. The van der Waals surface area contributed by atoms with Gasteiger partial charge in [-0.05, 0) is 43.3 Å². The number of hydrogen-bond donors (Lipinski definition) is 2. The number of hydrogen-bond acceptors (Lipinski definition) is 2. The van der Waals surface area contributed by atoms with Gasteiger partial charge in [-0.15, -0.1) is 0 Å². The third-order valence-corrected chi connectivity index (χ3v) is 4.76. The predicted octanol–water partition coefficient (Wildman–Crippen LogP) is 5.50. The smallest absolute Gasteiger partial charge is 0.176 e. The van der Waals surface area contributed by atoms with Crippen molar-refractivity contribution in [3.63, 3.8) is 0 Å². The van der Waals surface area contributed by atoms with Crippen LogP contribution in [0.2, 0.25) is 10.0 Å². The van der Waals surface area contributed by atoms with Crippen LogP contribution in [-0.4, -0.2) is 14.9 Å². The summed E-state index contributed by atoms with van der Waals surface area (Å²) >= 11 is 17.4. The van der Waals surface area contributed by atoms with Gasteiger partial charge in [-0.1, -0.05) is 42.5 Å². The van der Waals surface area contributed by atoms with Crippen molar-refractivity contribution in [2.75, 3.05) is 10.6 Å². The molecule has 1 aromatic heterocycles. The number of nitrogens with zero attached hydrogens (tertiary/aromatic N) is 2. The van der Waals surface area contributed by atoms with E-state index in [1.54, 1.807) is 24.4 Å². The summed E-state index contributed by atoms with van der Waals surface area (Å²) in [5.74, 6) is 0.902. The van der Waals surface area contributed by atoms with Crippen LogP contribution in [0.15, 0.2) is 30.5 Å². The lowest BCUT2D eigenvalue weighted by molar-refractivity contribution is 0.333. The first-order chi connectivity index (χ1) is 11.1. The molecule has 7 heteroatoms. The summed E-state index contributed by atoms with van der Waals surface area (Å²) < 4.78 is 2.04. The van der Waals surface area contributed by atoms with E-state index >= 15 is 0 Å². The SMILES string of the molecule is S=C(Nc1ccc(Cl)cc1Cl)Nc1ccnn1C1CCCCC1. The van der Waals surface area contributed by atoms with Gasteiger partial charge < -0.3 is 10.6 Å². The van der Waals surface area contributed by atoms with Crippen LogP contribution in [0, 0.1) is 0 Å². The summed E-state index contributed by atoms with van der Waals surface area (Å²) in [6, 6.07) is 7.64. The van der Waals surface area contributed by atoms with Gasteiger partial charge in [-0.2, -0.15) is 5.10 Å². The molecule has 1 aliphatic rings. The summed E-state index contributed by atoms with van der Waals surface area (Å²) in [7, 11) is 0. The van der Waals surface area contributed by atoms with E-state index in [1.807, 2.05) is 10.7 Å². The van der Waals surface area contributed by atoms with Crippen LogP contribution in [0.3, 0.4) is 0 Å². The molecule has 1 fully saturated rings. The maximum absolute atomic E-state index is 6.16. The molecule has 0 atom stereocenters. The quantitative estimate of drug-likeness (QED) is 0.701. The van der Waals surface area contributed by atoms with Crippen molar-refractivity contribution in [3.05, 3.63) is 40.5 Å². The van der Waals surface area contributed by atoms with Crippen LogP contribution in [-0.2, 0) is 0 Å². The van der Waals surface area contributed by atoms with Gasteiger partial charge >= 0.3 is 0 Å². The molecule has 0 unspecified atom stereocenters. The third kappa shape index (κ3) is 4.16. The van der Waals surface area contributed by atoms with Crippen molar-refractivity contribution < 1.29 is 0 Å². The monoisotopic (exact) mass is 368 g/mol. The molecule has 0 aliphatic heterocycles. The summed E-state index contributed by atoms with van der Waals surface area (Å²) in [6.07, 6.45) is 7.96. The normalized spacial score (nSPS) is 15.4. The van der Waals surface area contributed by atoms with E-state index < -0.39 is 0 Å². The Morgan fingerprint density at radius 2 is 1.91 bits per heavy atom. The van der Waals surface area contributed by atoms with Crippen LogP contribution in [0.4, 0.5) is 11.5 Å². The molecule has 0 amide bonds. The topological polar surface area (TPSA) is 41.9 Å². The Hall–Kier alpha value is -1.30. The molecule has 1 heterocycles. The maximum Gasteiger partial charge on any atom is 0.176 e. The van der Waals surface area contributed by atoms with E-state index in [0.29, 0.717) is 21.2 Å². The molecular weight excluding hydrogens is 351 g/mol. The largest absolute Gasteiger partial charge is 0.331 e. The summed E-state index contributed by atoms with van der Waals surface area (Å²) in [5, 5.41) is 12.4. The molecule has 23 heavy (non-hydrogen) atoms. The number of benzene rings is 1. The van der Waals surface area contributed by atoms with E-state index in [2.05, 4.69) is 15.7 Å². The van der Waals surface area contributed by atoms with Crippen molar-refractivity contribution in [2.24, 2.45) is 0 Å². The second kappa shape index (κ2) is 7.51. The minimum absolute atomic E-state index is 0.447. The van der Waals surface area contributed by atoms with Crippen molar-refractivity contribution in [3.8, 4) is 0 Å². The lowest BCUT2D eigenvalue weighted by atomic mass is 9.96. The highest BCUT2D eigenvalue weighted by Crippen LogP contribution is 2.30. The van der Waals surface area contributed by atoms with Gasteiger partial charge in [0, 0.05) is 11.1 Å². The van der Waals surface area contributed by atoms with E-state index in [0.717, 1.165) is 11.5 Å². The molecule has 0 saturated heterocycles. The minimum atomic E-state index is 0.447. The Morgan fingerprint density at radius 1 is 1.13 bits per heavy atom. The molecule has 2 N–H and O–H groups in total. The standard InChI is InChI=1S/C16H18Cl2N4S/c17-11-6-7-14(13(18)10-11)20-16(23)21-15-8-9-19-22(15)12-4-2-1-3-5-12/h6-10,12H,1-5H2,(H2,20,21,23). The number of rotatable bonds is 3. The lowest BCUT2D eigenvalue weighted by Gasteiger charge is -2.24. The fourth-order valence-corrected chi connectivity index (χ4v) is 3.56. The molecule has 1 aliphatic carbocycles. The summed E-state index contributed by atoms with van der Waals surface area (Å²) in [5.41, 5.74) is 0.720. The van der Waals surface area contributed by atoms with Crippen molar-refractivity contribution in [2.45, 2.75) is 38.1 Å². The highest BCUT2D eigenvalue weighted by atomic mass is 35.5. The summed E-state index contributed by atoms with van der Waals surface area (Å²) in [4.78, 5) is 0. The van der Waals surface area contributed by atoms with Gasteiger partial charge in [0.1, 0.15) is 5.82 Å². The number of aromatic nitrogens is 2. The Kier molecular flexibility index (Phi) is 5.41. The van der Waals surface area contributed by atoms with Gasteiger partial charge in [-0.3, -0.25) is 0 Å². The van der Waals surface area contributed by atoms with Gasteiger partial charge in [0.25, 0.3) is 0 Å². The molecule has 0 bridgehead atoms. The summed E-state index contributed by atoms with van der Waals surface area (Å²) in [6.45, 7) is 0. The van der Waals surface area contributed by atoms with Crippen LogP contribution < -0.4 is 10.6 Å². The Bertz CT molecular complexity index is 695. The van der Waals surface area contributed by atoms with Crippen LogP contribution in [0.5, 0.6) is 0 Å². The Morgan fingerprint density at radius 3 is 2.65 bits per heavy atom. The highest BCUT2D eigenvalue weighted by molar-refractivity contribution is 7.80. The molecule has 0 radical (unpaired) electrons. The van der Waals surface area contributed by atoms with E-state index in [4.69, 9.17) is 35.4 Å². The van der Waals surface area contributed by atoms with Gasteiger partial charge in [0.15, 0.2) is 5.11 Å². The molecular formula is C16H18Cl2N4S. The first-order valence-electron chi connectivity index (χ1n) is 7.70. The molecule has 3 rings (SSSR count). The molecule has 1 aromatic carbocycles. The van der Waals surface area contributed by atoms with E-state index in [9.17, 15) is 0 Å². The van der Waals surface area contributed by atoms with Crippen LogP contribution in [0.1, 0.15) is 38.1 Å². The number of nitrogens with one attached hydrogen (secondary N) is 2. The van der Waals surface area contributed by atoms with Crippen molar-refractivity contribution >= 4 is 52.0 Å². The van der Waals surface area contributed by atoms with Crippen molar-refractivity contribution in [1.29, 1.82) is 0 Å². The van der Waals surface area contributed by atoms with Gasteiger partial charge in [-0.25, -0.2) is 4.68 Å². The number of halogens is 2. The van der Waals surface area contributed by atoms with Gasteiger partial charge in [0.05, 0.1) is 22.9 Å². The van der Waals surface area contributed by atoms with Crippen molar-refractivity contribution in [1.82, 2.24) is 9.78 Å². The minimum Gasteiger partial charge on any atom is -0.331 e. The van der Waals surface area contributed by atoms with Gasteiger partial charge in [0.2, 0.25) is 0 Å². The number of anilines is 2. The Balaban J connectivity index is 1.67. The highest BCUT2D eigenvalue weighted by Gasteiger charge is 2.18. The zero-order chi connectivity index (χ0) is 16.2. The fourth-order valence-electron chi connectivity index (χ4n) is 2.89. The lowest BCUT2D eigenvalue weighted by Crippen LogP contribution is -2.23. The van der Waals surface area contributed by atoms with Crippen LogP contribution in [0.25, 0.3) is 0 Å². The first-order valence-corrected chi connectivity index (χ1v) is 8.86. The first kappa shape index (κ1) is 16.6. The van der Waals surface area contributed by atoms with E-state index in [-0.39, 0.29) is 0 Å². The molecule has 122 valence electrons. The Labute approximate surface area is 151 Å².